The second-order valence-electron chi connectivity index (χ2n) is 4.30. The molecule has 1 N–H and O–H groups in total. The first-order valence-electron chi connectivity index (χ1n) is 5.79. The van der Waals surface area contributed by atoms with Gasteiger partial charge in [0, 0.05) is 13.7 Å². The highest BCUT2D eigenvalue weighted by atomic mass is 16.5. The summed E-state index contributed by atoms with van der Waals surface area (Å²) in [5.41, 5.74) is 4.70. The Labute approximate surface area is 103 Å². The minimum atomic E-state index is -0.260. The van der Waals surface area contributed by atoms with Gasteiger partial charge in [-0.15, -0.1) is 0 Å². The highest BCUT2D eigenvalue weighted by Gasteiger charge is 2.13. The molecule has 1 atom stereocenters. The Bertz CT molecular complexity index is 421. The molecule has 0 aliphatic carbocycles. The molecule has 0 aliphatic heterocycles. The molecule has 0 spiro atoms. The molecular weight excluding hydrogens is 212 g/mol. The fraction of sp³-hybridized carbons (Fsp3) is 0.500. The first-order valence-corrected chi connectivity index (χ1v) is 5.79. The van der Waals surface area contributed by atoms with E-state index in [0.717, 1.165) is 11.1 Å². The normalized spacial score (nSPS) is 12.2. The number of aryl methyl sites for hydroxylation is 3. The average Bonchev–Trinajstić information content (AvgIpc) is 2.30. The topological polar surface area (TPSA) is 45.0 Å². The van der Waals surface area contributed by atoms with Crippen molar-refractivity contribution in [2.45, 2.75) is 26.8 Å². The van der Waals surface area contributed by atoms with Crippen molar-refractivity contribution in [1.29, 1.82) is 5.26 Å². The summed E-state index contributed by atoms with van der Waals surface area (Å²) >= 11 is 0. The van der Waals surface area contributed by atoms with Gasteiger partial charge in [-0.2, -0.15) is 5.26 Å². The van der Waals surface area contributed by atoms with Crippen molar-refractivity contribution >= 4 is 0 Å². The van der Waals surface area contributed by atoms with Crippen LogP contribution in [0, 0.1) is 32.1 Å². The van der Waals surface area contributed by atoms with Gasteiger partial charge in [-0.05, 0) is 43.0 Å². The molecule has 0 saturated heterocycles. The molecule has 1 rings (SSSR count). The third-order valence-electron chi connectivity index (χ3n) is 2.98. The van der Waals surface area contributed by atoms with Gasteiger partial charge in [0.25, 0.3) is 0 Å². The van der Waals surface area contributed by atoms with E-state index in [4.69, 9.17) is 4.74 Å². The number of nitriles is 1. The number of nitrogens with zero attached hydrogens (tertiary/aromatic N) is 1. The van der Waals surface area contributed by atoms with Crippen LogP contribution in [0.15, 0.2) is 12.1 Å². The zero-order valence-electron chi connectivity index (χ0n) is 11.0. The van der Waals surface area contributed by atoms with E-state index < -0.39 is 0 Å². The first-order chi connectivity index (χ1) is 8.10. The number of methoxy groups -OCH3 is 1. The zero-order chi connectivity index (χ0) is 12.8. The maximum Gasteiger partial charge on any atom is 0.121 e. The van der Waals surface area contributed by atoms with Gasteiger partial charge < -0.3 is 4.74 Å². The predicted octanol–water partition coefficient (Wildman–Crippen LogP) is 2.41. The van der Waals surface area contributed by atoms with E-state index in [9.17, 15) is 5.26 Å². The van der Waals surface area contributed by atoms with Crippen LogP contribution in [0.2, 0.25) is 0 Å². The van der Waals surface area contributed by atoms with Crippen LogP contribution < -0.4 is 5.32 Å². The number of hydrogen-bond donors (Lipinski definition) is 1. The van der Waals surface area contributed by atoms with Crippen molar-refractivity contribution in [3.8, 4) is 6.07 Å². The zero-order valence-corrected chi connectivity index (χ0v) is 11.0. The second-order valence-corrected chi connectivity index (χ2v) is 4.30. The lowest BCUT2D eigenvalue weighted by atomic mass is 9.96. The number of rotatable bonds is 5. The maximum atomic E-state index is 9.21. The maximum absolute atomic E-state index is 9.21. The Morgan fingerprint density at radius 1 is 1.24 bits per heavy atom. The number of hydrogen-bond acceptors (Lipinski definition) is 3. The monoisotopic (exact) mass is 232 g/mol. The SMILES string of the molecule is COCCNC(C#N)c1cc(C)c(C)cc1C. The third kappa shape index (κ3) is 3.55. The smallest absolute Gasteiger partial charge is 0.121 e. The molecule has 0 radical (unpaired) electrons. The van der Waals surface area contributed by atoms with Gasteiger partial charge >= 0.3 is 0 Å². The van der Waals surface area contributed by atoms with E-state index in [2.05, 4.69) is 37.4 Å². The number of ether oxygens (including phenoxy) is 1. The van der Waals surface area contributed by atoms with Crippen molar-refractivity contribution in [2.24, 2.45) is 0 Å². The summed E-state index contributed by atoms with van der Waals surface area (Å²) in [6.07, 6.45) is 0. The molecular formula is C14H20N2O. The van der Waals surface area contributed by atoms with Gasteiger partial charge in [0.2, 0.25) is 0 Å². The van der Waals surface area contributed by atoms with E-state index in [1.807, 2.05) is 6.92 Å². The fourth-order valence-corrected chi connectivity index (χ4v) is 1.82. The summed E-state index contributed by atoms with van der Waals surface area (Å²) in [5.74, 6) is 0. The summed E-state index contributed by atoms with van der Waals surface area (Å²) < 4.78 is 4.97. The fourth-order valence-electron chi connectivity index (χ4n) is 1.82. The van der Waals surface area contributed by atoms with Gasteiger partial charge in [0.15, 0.2) is 0 Å². The lowest BCUT2D eigenvalue weighted by Crippen LogP contribution is -2.24. The number of benzene rings is 1. The van der Waals surface area contributed by atoms with Gasteiger partial charge in [0.05, 0.1) is 12.7 Å². The molecule has 1 aromatic carbocycles. The van der Waals surface area contributed by atoms with Crippen LogP contribution in [-0.2, 0) is 4.74 Å². The molecule has 1 unspecified atom stereocenters. The van der Waals surface area contributed by atoms with Crippen LogP contribution in [0.3, 0.4) is 0 Å². The molecule has 0 fully saturated rings. The Hall–Kier alpha value is -1.37. The van der Waals surface area contributed by atoms with Gasteiger partial charge in [-0.3, -0.25) is 5.32 Å². The van der Waals surface area contributed by atoms with Crippen molar-refractivity contribution in [2.75, 3.05) is 20.3 Å². The van der Waals surface area contributed by atoms with E-state index in [-0.39, 0.29) is 6.04 Å². The highest BCUT2D eigenvalue weighted by molar-refractivity contribution is 5.40. The standard InChI is InChI=1S/C14H20N2O/c1-10-7-12(3)13(8-11(10)2)14(9-15)16-5-6-17-4/h7-8,14,16H,5-6H2,1-4H3. The second kappa shape index (κ2) is 6.39. The van der Waals surface area contributed by atoms with Crippen LogP contribution in [0.4, 0.5) is 0 Å². The molecule has 0 aromatic heterocycles. The Morgan fingerprint density at radius 2 is 1.88 bits per heavy atom. The van der Waals surface area contributed by atoms with E-state index in [0.29, 0.717) is 13.2 Å². The Balaban J connectivity index is 2.89. The molecule has 0 amide bonds. The summed E-state index contributed by atoms with van der Waals surface area (Å²) in [7, 11) is 1.66. The van der Waals surface area contributed by atoms with Crippen molar-refractivity contribution < 1.29 is 4.74 Å². The molecule has 0 saturated carbocycles. The summed E-state index contributed by atoms with van der Waals surface area (Å²) in [6.45, 7) is 7.50. The largest absolute Gasteiger partial charge is 0.383 e. The molecule has 3 heteroatoms. The molecule has 0 heterocycles. The van der Waals surface area contributed by atoms with Crippen LogP contribution in [0.25, 0.3) is 0 Å². The summed E-state index contributed by atoms with van der Waals surface area (Å²) in [5, 5.41) is 12.4. The predicted molar refractivity (Wildman–Crippen MR) is 68.9 cm³/mol. The highest BCUT2D eigenvalue weighted by Crippen LogP contribution is 2.21. The van der Waals surface area contributed by atoms with E-state index >= 15 is 0 Å². The van der Waals surface area contributed by atoms with E-state index in [1.54, 1.807) is 7.11 Å². The van der Waals surface area contributed by atoms with Crippen LogP contribution in [0.5, 0.6) is 0 Å². The van der Waals surface area contributed by atoms with Crippen LogP contribution >= 0.6 is 0 Å². The van der Waals surface area contributed by atoms with E-state index in [1.165, 1.54) is 11.1 Å². The first kappa shape index (κ1) is 13.7. The number of nitrogens with one attached hydrogen (secondary N) is 1. The van der Waals surface area contributed by atoms with Crippen molar-refractivity contribution in [1.82, 2.24) is 5.32 Å². The average molecular weight is 232 g/mol. The Kier molecular flexibility index (Phi) is 5.14. The van der Waals surface area contributed by atoms with Crippen LogP contribution in [0.1, 0.15) is 28.3 Å². The lowest BCUT2D eigenvalue weighted by molar-refractivity contribution is 0.198. The third-order valence-corrected chi connectivity index (χ3v) is 2.98. The van der Waals surface area contributed by atoms with Gasteiger partial charge in [-0.1, -0.05) is 12.1 Å². The Morgan fingerprint density at radius 3 is 2.47 bits per heavy atom. The van der Waals surface area contributed by atoms with Crippen molar-refractivity contribution in [3.63, 3.8) is 0 Å². The van der Waals surface area contributed by atoms with Crippen molar-refractivity contribution in [3.05, 3.63) is 34.4 Å². The minimum absolute atomic E-state index is 0.260. The lowest BCUT2D eigenvalue weighted by Gasteiger charge is -2.16. The van der Waals surface area contributed by atoms with Gasteiger partial charge in [-0.25, -0.2) is 0 Å². The molecule has 17 heavy (non-hydrogen) atoms. The molecule has 92 valence electrons. The van der Waals surface area contributed by atoms with Crippen LogP contribution in [-0.4, -0.2) is 20.3 Å². The minimum Gasteiger partial charge on any atom is -0.383 e. The summed E-state index contributed by atoms with van der Waals surface area (Å²) in [4.78, 5) is 0. The quantitative estimate of drug-likeness (QED) is 0.793. The molecule has 0 bridgehead atoms. The molecule has 1 aromatic rings. The summed E-state index contributed by atoms with van der Waals surface area (Å²) in [6, 6.07) is 6.27. The molecule has 3 nitrogen and oxygen atoms in total. The van der Waals surface area contributed by atoms with Gasteiger partial charge in [0.1, 0.15) is 6.04 Å². The molecule has 0 aliphatic rings.